The second-order valence-corrected chi connectivity index (χ2v) is 8.82. The Morgan fingerprint density at radius 3 is 2.65 bits per heavy atom. The van der Waals surface area contributed by atoms with Gasteiger partial charge in [0.15, 0.2) is 0 Å². The number of nitrogens with zero attached hydrogens (tertiary/aromatic N) is 1. The molecular weight excluding hydrogens is 346 g/mol. The first kappa shape index (κ1) is 11.7. The van der Waals surface area contributed by atoms with Crippen molar-refractivity contribution in [2.24, 2.45) is 5.41 Å². The fourth-order valence-electron chi connectivity index (χ4n) is 2.48. The van der Waals surface area contributed by atoms with E-state index in [0.717, 1.165) is 25.1 Å². The number of benzene rings is 1. The van der Waals surface area contributed by atoms with Gasteiger partial charge in [0.25, 0.3) is 0 Å². The first-order valence-corrected chi connectivity index (χ1v) is 7.32. The van der Waals surface area contributed by atoms with Gasteiger partial charge in [-0.05, 0) is 31.4 Å². The number of hydrogen-bond acceptors (Lipinski definition) is 1. The third-order valence-corrected chi connectivity index (χ3v) is 6.17. The summed E-state index contributed by atoms with van der Waals surface area (Å²) in [5.74, 6) is 0.219. The van der Waals surface area contributed by atoms with E-state index in [1.54, 1.807) is 0 Å². The maximum Gasteiger partial charge on any atom is 0.235 e. The molecule has 1 amide bonds. The molecule has 90 valence electrons. The van der Waals surface area contributed by atoms with Gasteiger partial charge in [0.1, 0.15) is 0 Å². The van der Waals surface area contributed by atoms with Gasteiger partial charge in [0, 0.05) is 12.2 Å². The van der Waals surface area contributed by atoms with E-state index in [4.69, 9.17) is 0 Å². The molecule has 1 aromatic carbocycles. The first-order valence-electron chi connectivity index (χ1n) is 5.73. The highest BCUT2D eigenvalue weighted by Crippen LogP contribution is 2.67. The molecule has 0 aromatic heterocycles. The molecule has 1 heterocycles. The van der Waals surface area contributed by atoms with Gasteiger partial charge >= 0.3 is 0 Å². The maximum absolute atomic E-state index is 12.6. The van der Waals surface area contributed by atoms with Crippen LogP contribution in [0.1, 0.15) is 18.9 Å². The molecule has 4 heteroatoms. The summed E-state index contributed by atoms with van der Waals surface area (Å²) in [6.45, 7) is 2.82. The van der Waals surface area contributed by atoms with Gasteiger partial charge in [-0.15, -0.1) is 0 Å². The third kappa shape index (κ3) is 1.60. The number of halogens is 2. The van der Waals surface area contributed by atoms with Gasteiger partial charge in [-0.1, -0.05) is 50.1 Å². The molecule has 0 spiro atoms. The first-order chi connectivity index (χ1) is 7.96. The van der Waals surface area contributed by atoms with E-state index in [1.807, 2.05) is 30.0 Å². The number of carbonyl (C=O) groups is 1. The summed E-state index contributed by atoms with van der Waals surface area (Å²) in [5, 5.41) is 0. The zero-order valence-corrected chi connectivity index (χ0v) is 12.7. The van der Waals surface area contributed by atoms with E-state index in [9.17, 15) is 4.79 Å². The Morgan fingerprint density at radius 1 is 1.35 bits per heavy atom. The van der Waals surface area contributed by atoms with Crippen LogP contribution in [0.5, 0.6) is 0 Å². The highest BCUT2D eigenvalue weighted by atomic mass is 79.9. The SMILES string of the molecule is CC1(C(=O)N2CCc3ccccc32)CC1(Br)Br. The predicted molar refractivity (Wildman–Crippen MR) is 75.8 cm³/mol. The van der Waals surface area contributed by atoms with E-state index in [1.165, 1.54) is 5.56 Å². The van der Waals surface area contributed by atoms with Crippen LogP contribution < -0.4 is 4.90 Å². The van der Waals surface area contributed by atoms with E-state index in [2.05, 4.69) is 37.9 Å². The molecule has 1 atom stereocenters. The fraction of sp³-hybridized carbons (Fsp3) is 0.462. The number of anilines is 1. The molecule has 1 aromatic rings. The molecule has 0 bridgehead atoms. The van der Waals surface area contributed by atoms with E-state index < -0.39 is 0 Å². The van der Waals surface area contributed by atoms with Crippen molar-refractivity contribution in [3.8, 4) is 0 Å². The molecule has 2 nitrogen and oxygen atoms in total. The molecule has 0 radical (unpaired) electrons. The number of amides is 1. The predicted octanol–water partition coefficient (Wildman–Crippen LogP) is 3.47. The van der Waals surface area contributed by atoms with Crippen molar-refractivity contribution >= 4 is 43.5 Å². The molecule has 17 heavy (non-hydrogen) atoms. The largest absolute Gasteiger partial charge is 0.311 e. The number of para-hydroxylation sites is 1. The van der Waals surface area contributed by atoms with Crippen molar-refractivity contribution in [1.82, 2.24) is 0 Å². The van der Waals surface area contributed by atoms with Gasteiger partial charge in [0.2, 0.25) is 5.91 Å². The summed E-state index contributed by atoms with van der Waals surface area (Å²) in [6.07, 6.45) is 1.81. The average molecular weight is 359 g/mol. The lowest BCUT2D eigenvalue weighted by molar-refractivity contribution is -0.122. The van der Waals surface area contributed by atoms with Gasteiger partial charge in [0.05, 0.1) is 8.65 Å². The van der Waals surface area contributed by atoms with Crippen molar-refractivity contribution in [2.75, 3.05) is 11.4 Å². The van der Waals surface area contributed by atoms with E-state index in [0.29, 0.717) is 0 Å². The minimum atomic E-state index is -0.315. The molecule has 2 aliphatic rings. The standard InChI is InChI=1S/C13H13Br2NO/c1-12(8-13(12,14)15)11(17)16-7-6-9-4-2-3-5-10(9)16/h2-5H,6-8H2,1H3. The van der Waals surface area contributed by atoms with Crippen LogP contribution in [0.4, 0.5) is 5.69 Å². The number of hydrogen-bond donors (Lipinski definition) is 0. The molecule has 0 N–H and O–H groups in total. The summed E-state index contributed by atoms with van der Waals surface area (Å²) >= 11 is 7.13. The molecule has 1 aliphatic heterocycles. The zero-order chi connectivity index (χ0) is 12.3. The lowest BCUT2D eigenvalue weighted by Gasteiger charge is -2.22. The minimum Gasteiger partial charge on any atom is -0.311 e. The summed E-state index contributed by atoms with van der Waals surface area (Å²) in [7, 11) is 0. The summed E-state index contributed by atoms with van der Waals surface area (Å²) in [5.41, 5.74) is 2.05. The Kier molecular flexibility index (Phi) is 2.47. The van der Waals surface area contributed by atoms with Crippen molar-refractivity contribution in [2.45, 2.75) is 23.0 Å². The third-order valence-electron chi connectivity index (χ3n) is 3.86. The summed E-state index contributed by atoms with van der Waals surface area (Å²) in [4.78, 5) is 14.5. The fourth-order valence-corrected chi connectivity index (χ4v) is 3.94. The number of carbonyl (C=O) groups excluding carboxylic acids is 1. The normalized spacial score (nSPS) is 29.0. The summed E-state index contributed by atoms with van der Waals surface area (Å²) in [6, 6.07) is 8.17. The minimum absolute atomic E-state index is 0.207. The monoisotopic (exact) mass is 357 g/mol. The number of rotatable bonds is 1. The van der Waals surface area contributed by atoms with Crippen LogP contribution in [-0.4, -0.2) is 15.7 Å². The van der Waals surface area contributed by atoms with Crippen LogP contribution in [0, 0.1) is 5.41 Å². The van der Waals surface area contributed by atoms with Gasteiger partial charge < -0.3 is 4.90 Å². The molecule has 1 unspecified atom stereocenters. The van der Waals surface area contributed by atoms with Gasteiger partial charge in [-0.25, -0.2) is 0 Å². The average Bonchev–Trinajstić information content (AvgIpc) is 2.67. The number of fused-ring (bicyclic) bond motifs is 1. The second kappa shape index (κ2) is 3.58. The molecule has 1 fully saturated rings. The van der Waals surface area contributed by atoms with E-state index >= 15 is 0 Å². The Hall–Kier alpha value is -0.350. The Morgan fingerprint density at radius 2 is 2.00 bits per heavy atom. The lowest BCUT2D eigenvalue weighted by atomic mass is 10.1. The maximum atomic E-state index is 12.6. The van der Waals surface area contributed by atoms with Crippen molar-refractivity contribution < 1.29 is 4.79 Å². The molecular formula is C13H13Br2NO. The second-order valence-electron chi connectivity index (χ2n) is 5.05. The molecule has 1 saturated carbocycles. The molecule has 3 rings (SSSR count). The smallest absolute Gasteiger partial charge is 0.235 e. The van der Waals surface area contributed by atoms with Crippen molar-refractivity contribution in [3.05, 3.63) is 29.8 Å². The summed E-state index contributed by atoms with van der Waals surface area (Å²) < 4.78 is -0.207. The van der Waals surface area contributed by atoms with Gasteiger partial charge in [-0.3, -0.25) is 4.79 Å². The van der Waals surface area contributed by atoms with Crippen LogP contribution in [-0.2, 0) is 11.2 Å². The van der Waals surface area contributed by atoms with Crippen molar-refractivity contribution in [3.63, 3.8) is 0 Å². The number of alkyl halides is 2. The van der Waals surface area contributed by atoms with Crippen LogP contribution in [0.2, 0.25) is 0 Å². The van der Waals surface area contributed by atoms with Crippen LogP contribution >= 0.6 is 31.9 Å². The van der Waals surface area contributed by atoms with Crippen LogP contribution in [0.25, 0.3) is 0 Å². The highest BCUT2D eigenvalue weighted by Gasteiger charge is 2.67. The Labute approximate surface area is 118 Å². The van der Waals surface area contributed by atoms with Crippen LogP contribution in [0.3, 0.4) is 0 Å². The topological polar surface area (TPSA) is 20.3 Å². The highest BCUT2D eigenvalue weighted by molar-refractivity contribution is 9.25. The van der Waals surface area contributed by atoms with Crippen LogP contribution in [0.15, 0.2) is 24.3 Å². The Balaban J connectivity index is 1.91. The molecule has 1 aliphatic carbocycles. The lowest BCUT2D eigenvalue weighted by Crippen LogP contribution is -2.36. The van der Waals surface area contributed by atoms with Gasteiger partial charge in [-0.2, -0.15) is 0 Å². The van der Waals surface area contributed by atoms with E-state index in [-0.39, 0.29) is 14.6 Å². The zero-order valence-electron chi connectivity index (χ0n) is 9.54. The van der Waals surface area contributed by atoms with Crippen molar-refractivity contribution in [1.29, 1.82) is 0 Å². The Bertz CT molecular complexity index is 500. The quantitative estimate of drug-likeness (QED) is 0.704. The molecule has 0 saturated heterocycles.